The highest BCUT2D eigenvalue weighted by atomic mass is 16.5. The fourth-order valence-corrected chi connectivity index (χ4v) is 2.12. The fourth-order valence-electron chi connectivity index (χ4n) is 2.12. The zero-order chi connectivity index (χ0) is 8.55. The first kappa shape index (κ1) is 8.01. The van der Waals surface area contributed by atoms with Gasteiger partial charge in [0, 0.05) is 18.5 Å². The largest absolute Gasteiger partial charge is 0.481 e. The maximum Gasteiger partial charge on any atom is 0.303 e. The number of hydrogen-bond donors (Lipinski definition) is 2. The number of fused-ring (bicyclic) bond motifs is 2. The van der Waals surface area contributed by atoms with E-state index in [2.05, 4.69) is 5.32 Å². The summed E-state index contributed by atoms with van der Waals surface area (Å²) in [7, 11) is 0. The lowest BCUT2D eigenvalue weighted by Gasteiger charge is -2.22. The molecule has 12 heavy (non-hydrogen) atoms. The van der Waals surface area contributed by atoms with Crippen LogP contribution in [0.3, 0.4) is 0 Å². The molecule has 2 aliphatic rings. The number of carboxylic acid groups (broad SMARTS) is 1. The summed E-state index contributed by atoms with van der Waals surface area (Å²) in [6.45, 7) is 1.42. The molecule has 2 bridgehead atoms. The highest BCUT2D eigenvalue weighted by Gasteiger charge is 2.37. The summed E-state index contributed by atoms with van der Waals surface area (Å²) in [5.41, 5.74) is 0. The second kappa shape index (κ2) is 3.03. The van der Waals surface area contributed by atoms with Gasteiger partial charge >= 0.3 is 5.97 Å². The van der Waals surface area contributed by atoms with Crippen LogP contribution in [-0.4, -0.2) is 36.4 Å². The van der Waals surface area contributed by atoms with E-state index in [0.29, 0.717) is 12.6 Å². The fraction of sp³-hybridized carbons (Fsp3) is 0.875. The second-order valence-corrected chi connectivity index (χ2v) is 3.60. The molecule has 2 heterocycles. The molecule has 0 radical (unpaired) electrons. The quantitative estimate of drug-likeness (QED) is 0.606. The van der Waals surface area contributed by atoms with E-state index >= 15 is 0 Å². The highest BCUT2D eigenvalue weighted by molar-refractivity contribution is 5.67. The van der Waals surface area contributed by atoms with Crippen LogP contribution in [0.1, 0.15) is 12.8 Å². The lowest BCUT2D eigenvalue weighted by Crippen LogP contribution is -2.42. The van der Waals surface area contributed by atoms with Crippen molar-refractivity contribution in [2.75, 3.05) is 13.2 Å². The Morgan fingerprint density at radius 1 is 1.58 bits per heavy atom. The summed E-state index contributed by atoms with van der Waals surface area (Å²) in [5.74, 6) is -0.427. The van der Waals surface area contributed by atoms with E-state index in [1.165, 1.54) is 0 Å². The summed E-state index contributed by atoms with van der Waals surface area (Å²) in [6.07, 6.45) is 1.23. The molecular formula is C8H13NO3. The minimum absolute atomic E-state index is 0.273. The molecule has 4 heteroatoms. The smallest absolute Gasteiger partial charge is 0.303 e. The Labute approximate surface area is 70.9 Å². The lowest BCUT2D eigenvalue weighted by molar-refractivity contribution is -0.138. The van der Waals surface area contributed by atoms with E-state index in [4.69, 9.17) is 9.84 Å². The van der Waals surface area contributed by atoms with Crippen LogP contribution >= 0.6 is 0 Å². The molecule has 0 aromatic heterocycles. The number of ether oxygens (including phenoxy) is 1. The van der Waals surface area contributed by atoms with Crippen molar-refractivity contribution in [2.24, 2.45) is 5.92 Å². The minimum Gasteiger partial charge on any atom is -0.481 e. The van der Waals surface area contributed by atoms with E-state index in [0.717, 1.165) is 13.0 Å². The molecule has 2 fully saturated rings. The first-order valence-corrected chi connectivity index (χ1v) is 4.31. The summed E-state index contributed by atoms with van der Waals surface area (Å²) in [6, 6.07) is 0.674. The van der Waals surface area contributed by atoms with Crippen LogP contribution in [0.2, 0.25) is 0 Å². The van der Waals surface area contributed by atoms with Gasteiger partial charge in [0.05, 0.1) is 13.2 Å². The van der Waals surface area contributed by atoms with E-state index < -0.39 is 5.97 Å². The van der Waals surface area contributed by atoms with Crippen LogP contribution in [0.15, 0.2) is 0 Å². The van der Waals surface area contributed by atoms with Gasteiger partial charge in [-0.3, -0.25) is 4.79 Å². The predicted octanol–water partition coefficient (Wildman–Crippen LogP) is -0.162. The monoisotopic (exact) mass is 171 g/mol. The molecule has 0 saturated carbocycles. The number of aliphatic carboxylic acids is 1. The van der Waals surface area contributed by atoms with Gasteiger partial charge in [0.15, 0.2) is 0 Å². The SMILES string of the molecule is O=C(O)CC1CC2COCC1N2. The average molecular weight is 171 g/mol. The van der Waals surface area contributed by atoms with Gasteiger partial charge in [-0.1, -0.05) is 0 Å². The maximum atomic E-state index is 10.5. The second-order valence-electron chi connectivity index (χ2n) is 3.60. The Balaban J connectivity index is 1.95. The predicted molar refractivity (Wildman–Crippen MR) is 41.9 cm³/mol. The van der Waals surface area contributed by atoms with Crippen molar-refractivity contribution in [3.63, 3.8) is 0 Å². The van der Waals surface area contributed by atoms with E-state index in [1.54, 1.807) is 0 Å². The van der Waals surface area contributed by atoms with Crippen LogP contribution in [0.25, 0.3) is 0 Å². The van der Waals surface area contributed by atoms with Crippen LogP contribution in [0.5, 0.6) is 0 Å². The molecule has 0 aromatic carbocycles. The van der Waals surface area contributed by atoms with Crippen molar-refractivity contribution < 1.29 is 14.6 Å². The molecule has 0 aliphatic carbocycles. The van der Waals surface area contributed by atoms with Crippen molar-refractivity contribution in [2.45, 2.75) is 24.9 Å². The van der Waals surface area contributed by atoms with Gasteiger partial charge in [0.1, 0.15) is 0 Å². The molecule has 0 aromatic rings. The van der Waals surface area contributed by atoms with Crippen molar-refractivity contribution in [3.05, 3.63) is 0 Å². The van der Waals surface area contributed by atoms with Gasteiger partial charge in [-0.15, -0.1) is 0 Å². The van der Waals surface area contributed by atoms with Crippen molar-refractivity contribution in [3.8, 4) is 0 Å². The molecule has 2 rings (SSSR count). The number of carbonyl (C=O) groups is 1. The Kier molecular flexibility index (Phi) is 2.02. The molecular weight excluding hydrogens is 158 g/mol. The van der Waals surface area contributed by atoms with Gasteiger partial charge < -0.3 is 15.2 Å². The van der Waals surface area contributed by atoms with Gasteiger partial charge in [0.2, 0.25) is 0 Å². The van der Waals surface area contributed by atoms with Gasteiger partial charge in [-0.25, -0.2) is 0 Å². The van der Waals surface area contributed by atoms with E-state index in [-0.39, 0.29) is 18.4 Å². The molecule has 2 saturated heterocycles. The van der Waals surface area contributed by atoms with Crippen molar-refractivity contribution in [1.82, 2.24) is 5.32 Å². The number of nitrogens with one attached hydrogen (secondary N) is 1. The number of hydrogen-bond acceptors (Lipinski definition) is 3. The molecule has 0 amide bonds. The molecule has 3 unspecified atom stereocenters. The third kappa shape index (κ3) is 1.44. The standard InChI is InChI=1S/C8H13NO3/c10-8(11)2-5-1-6-3-12-4-7(5)9-6/h5-7,9H,1-4H2,(H,10,11). The minimum atomic E-state index is -0.700. The Hall–Kier alpha value is -0.610. The van der Waals surface area contributed by atoms with Crippen LogP contribution in [0, 0.1) is 5.92 Å². The third-order valence-electron chi connectivity index (χ3n) is 2.66. The Morgan fingerprint density at radius 2 is 2.42 bits per heavy atom. The molecule has 3 atom stereocenters. The summed E-state index contributed by atoms with van der Waals surface area (Å²) < 4.78 is 5.31. The summed E-state index contributed by atoms with van der Waals surface area (Å²) in [4.78, 5) is 10.5. The summed E-state index contributed by atoms with van der Waals surface area (Å²) >= 11 is 0. The third-order valence-corrected chi connectivity index (χ3v) is 2.66. The van der Waals surface area contributed by atoms with E-state index in [1.807, 2.05) is 0 Å². The first-order chi connectivity index (χ1) is 5.75. The van der Waals surface area contributed by atoms with Crippen LogP contribution in [-0.2, 0) is 9.53 Å². The molecule has 68 valence electrons. The zero-order valence-corrected chi connectivity index (χ0v) is 6.82. The van der Waals surface area contributed by atoms with Crippen molar-refractivity contribution in [1.29, 1.82) is 0 Å². The number of rotatable bonds is 2. The normalized spacial score (nSPS) is 39.8. The number of morpholine rings is 1. The topological polar surface area (TPSA) is 58.6 Å². The van der Waals surface area contributed by atoms with Crippen LogP contribution < -0.4 is 5.32 Å². The first-order valence-electron chi connectivity index (χ1n) is 4.31. The van der Waals surface area contributed by atoms with Gasteiger partial charge in [0.25, 0.3) is 0 Å². The molecule has 4 nitrogen and oxygen atoms in total. The van der Waals surface area contributed by atoms with Crippen LogP contribution in [0.4, 0.5) is 0 Å². The summed E-state index contributed by atoms with van der Waals surface area (Å²) in [5, 5.41) is 12.0. The number of carboxylic acids is 1. The van der Waals surface area contributed by atoms with Crippen molar-refractivity contribution >= 4 is 5.97 Å². The maximum absolute atomic E-state index is 10.5. The zero-order valence-electron chi connectivity index (χ0n) is 6.82. The Morgan fingerprint density at radius 3 is 3.08 bits per heavy atom. The average Bonchev–Trinajstić information content (AvgIpc) is 2.26. The van der Waals surface area contributed by atoms with Gasteiger partial charge in [-0.05, 0) is 12.3 Å². The highest BCUT2D eigenvalue weighted by Crippen LogP contribution is 2.27. The lowest BCUT2D eigenvalue weighted by atomic mass is 9.97. The molecule has 2 N–H and O–H groups in total. The van der Waals surface area contributed by atoms with Gasteiger partial charge in [-0.2, -0.15) is 0 Å². The molecule has 2 aliphatic heterocycles. The van der Waals surface area contributed by atoms with E-state index in [9.17, 15) is 4.79 Å². The Bertz CT molecular complexity index is 195. The molecule has 0 spiro atoms.